The highest BCUT2D eigenvalue weighted by molar-refractivity contribution is 6.29. The molecule has 1 heterocycles. The van der Waals surface area contributed by atoms with E-state index in [2.05, 4.69) is 15.0 Å². The van der Waals surface area contributed by atoms with Crippen molar-refractivity contribution < 1.29 is 27.4 Å². The summed E-state index contributed by atoms with van der Waals surface area (Å²) in [5, 5.41) is 11.4. The number of nitrogens with zero attached hydrogens (tertiary/aromatic N) is 2. The molecule has 1 unspecified atom stereocenters. The average Bonchev–Trinajstić information content (AvgIpc) is 2.58. The van der Waals surface area contributed by atoms with Gasteiger partial charge >= 0.3 is 12.1 Å². The first kappa shape index (κ1) is 21.7. The number of allylic oxidation sites excluding steroid dienone is 1. The minimum atomic E-state index is -4.96. The zero-order valence-corrected chi connectivity index (χ0v) is 14.8. The number of nitrogens with one attached hydrogen (secondary N) is 1. The number of carbonyl (C=O) groups excluding carboxylic acids is 1. The summed E-state index contributed by atoms with van der Waals surface area (Å²) in [4.78, 5) is 15.6. The van der Waals surface area contributed by atoms with Crippen molar-refractivity contribution in [3.05, 3.63) is 40.3 Å². The Bertz CT molecular complexity index is 685. The maximum absolute atomic E-state index is 13.4. The number of pyridine rings is 1. The Hall–Kier alpha value is -2.31. The molecule has 0 bridgehead atoms. The van der Waals surface area contributed by atoms with E-state index in [0.717, 1.165) is 0 Å². The normalized spacial score (nSPS) is 13.4. The highest BCUT2D eigenvalue weighted by Gasteiger charge is 2.40. The minimum absolute atomic E-state index is 0.0164. The number of carbonyl (C=O) groups is 1. The van der Waals surface area contributed by atoms with Gasteiger partial charge in [0.1, 0.15) is 23.5 Å². The van der Waals surface area contributed by atoms with Crippen LogP contribution in [0.1, 0.15) is 25.5 Å². The molecule has 0 saturated carbocycles. The van der Waals surface area contributed by atoms with E-state index >= 15 is 0 Å². The van der Waals surface area contributed by atoms with Crippen LogP contribution in [-0.2, 0) is 14.3 Å². The Morgan fingerprint density at radius 1 is 1.42 bits per heavy atom. The van der Waals surface area contributed by atoms with Gasteiger partial charge in [-0.3, -0.25) is 0 Å². The van der Waals surface area contributed by atoms with E-state index in [1.165, 1.54) is 31.3 Å². The Labute approximate surface area is 153 Å². The standard InChI is InChI=1S/C16H17ClF3N3O3/c1-3-25-6-7-26-15(24)12(8-21)14(16(18,19)20)23-10(2)11-4-5-13(17)22-9-11/h4-5,9-10,23H,3,6-7H2,1-2H3. The van der Waals surface area contributed by atoms with Gasteiger partial charge in [-0.05, 0) is 25.5 Å². The molecule has 0 saturated heterocycles. The summed E-state index contributed by atoms with van der Waals surface area (Å²) in [6.07, 6.45) is -3.67. The summed E-state index contributed by atoms with van der Waals surface area (Å²) >= 11 is 5.64. The fourth-order valence-corrected chi connectivity index (χ4v) is 1.96. The third-order valence-electron chi connectivity index (χ3n) is 3.13. The van der Waals surface area contributed by atoms with Gasteiger partial charge < -0.3 is 14.8 Å². The second kappa shape index (κ2) is 9.99. The van der Waals surface area contributed by atoms with E-state index in [0.29, 0.717) is 12.2 Å². The van der Waals surface area contributed by atoms with Crippen molar-refractivity contribution in [3.8, 4) is 6.07 Å². The lowest BCUT2D eigenvalue weighted by Gasteiger charge is -2.21. The zero-order valence-electron chi connectivity index (χ0n) is 14.1. The van der Waals surface area contributed by atoms with Crippen LogP contribution in [-0.4, -0.2) is 37.0 Å². The summed E-state index contributed by atoms with van der Waals surface area (Å²) in [5.41, 5.74) is -2.26. The molecular formula is C16H17ClF3N3O3. The average molecular weight is 392 g/mol. The number of aromatic nitrogens is 1. The van der Waals surface area contributed by atoms with Crippen LogP contribution in [0.25, 0.3) is 0 Å². The molecule has 1 N–H and O–H groups in total. The first-order chi connectivity index (χ1) is 12.2. The lowest BCUT2D eigenvalue weighted by atomic mass is 10.1. The van der Waals surface area contributed by atoms with Crippen LogP contribution >= 0.6 is 11.6 Å². The molecule has 1 atom stereocenters. The van der Waals surface area contributed by atoms with E-state index in [4.69, 9.17) is 21.6 Å². The molecule has 1 aromatic rings. The van der Waals surface area contributed by atoms with Crippen molar-refractivity contribution in [2.75, 3.05) is 19.8 Å². The fourth-order valence-electron chi connectivity index (χ4n) is 1.85. The van der Waals surface area contributed by atoms with Crippen LogP contribution in [0.4, 0.5) is 13.2 Å². The van der Waals surface area contributed by atoms with Crippen LogP contribution < -0.4 is 5.32 Å². The third kappa shape index (κ3) is 6.54. The first-order valence-corrected chi connectivity index (χ1v) is 7.92. The SMILES string of the molecule is CCOCCOC(=O)C(C#N)=C(NC(C)c1ccc(Cl)nc1)C(F)(F)F. The van der Waals surface area contributed by atoms with Gasteiger partial charge in [0.05, 0.1) is 12.6 Å². The summed E-state index contributed by atoms with van der Waals surface area (Å²) in [7, 11) is 0. The second-order valence-electron chi connectivity index (χ2n) is 4.97. The highest BCUT2D eigenvalue weighted by Crippen LogP contribution is 2.29. The van der Waals surface area contributed by atoms with Gasteiger partial charge in [0.25, 0.3) is 0 Å². The number of rotatable bonds is 8. The second-order valence-corrected chi connectivity index (χ2v) is 5.36. The molecule has 1 aromatic heterocycles. The smallest absolute Gasteiger partial charge is 0.432 e. The van der Waals surface area contributed by atoms with Gasteiger partial charge in [-0.15, -0.1) is 0 Å². The van der Waals surface area contributed by atoms with Crippen molar-refractivity contribution in [1.29, 1.82) is 5.26 Å². The zero-order chi connectivity index (χ0) is 19.7. The van der Waals surface area contributed by atoms with Crippen molar-refractivity contribution in [2.24, 2.45) is 0 Å². The Balaban J connectivity index is 3.05. The molecule has 0 radical (unpaired) electrons. The van der Waals surface area contributed by atoms with Gasteiger partial charge in [-0.2, -0.15) is 18.4 Å². The molecule has 0 aliphatic heterocycles. The van der Waals surface area contributed by atoms with E-state index < -0.39 is 29.5 Å². The summed E-state index contributed by atoms with van der Waals surface area (Å²) in [5.74, 6) is -1.38. The number of hydrogen-bond donors (Lipinski definition) is 1. The summed E-state index contributed by atoms with van der Waals surface area (Å²) < 4.78 is 49.7. The molecule has 10 heteroatoms. The van der Waals surface area contributed by atoms with Crippen LogP contribution in [0.15, 0.2) is 29.6 Å². The molecule has 1 rings (SSSR count). The van der Waals surface area contributed by atoms with Crippen molar-refractivity contribution >= 4 is 17.6 Å². The van der Waals surface area contributed by atoms with Gasteiger partial charge in [0.15, 0.2) is 5.57 Å². The number of nitriles is 1. The molecule has 6 nitrogen and oxygen atoms in total. The number of alkyl halides is 3. The maximum Gasteiger partial charge on any atom is 0.432 e. The van der Waals surface area contributed by atoms with E-state index in [-0.39, 0.29) is 18.4 Å². The predicted octanol–water partition coefficient (Wildman–Crippen LogP) is 3.31. The minimum Gasteiger partial charge on any atom is -0.459 e. The predicted molar refractivity (Wildman–Crippen MR) is 86.9 cm³/mol. The van der Waals surface area contributed by atoms with Crippen LogP contribution in [0, 0.1) is 11.3 Å². The molecule has 0 spiro atoms. The molecule has 0 aliphatic carbocycles. The molecule has 0 fully saturated rings. The molecule has 142 valence electrons. The van der Waals surface area contributed by atoms with Crippen LogP contribution in [0.2, 0.25) is 5.15 Å². The van der Waals surface area contributed by atoms with Crippen LogP contribution in [0.3, 0.4) is 0 Å². The molecular weight excluding hydrogens is 375 g/mol. The number of esters is 1. The lowest BCUT2D eigenvalue weighted by Crippen LogP contribution is -2.32. The van der Waals surface area contributed by atoms with E-state index in [1.54, 1.807) is 6.92 Å². The molecule has 26 heavy (non-hydrogen) atoms. The maximum atomic E-state index is 13.4. The monoisotopic (exact) mass is 391 g/mol. The molecule has 0 amide bonds. The largest absolute Gasteiger partial charge is 0.459 e. The van der Waals surface area contributed by atoms with Gasteiger partial charge in [-0.25, -0.2) is 9.78 Å². The highest BCUT2D eigenvalue weighted by atomic mass is 35.5. The molecule has 0 aromatic carbocycles. The van der Waals surface area contributed by atoms with Gasteiger partial charge in [-0.1, -0.05) is 17.7 Å². The van der Waals surface area contributed by atoms with Gasteiger partial charge in [0, 0.05) is 12.8 Å². The van der Waals surface area contributed by atoms with E-state index in [1.807, 2.05) is 0 Å². The van der Waals surface area contributed by atoms with Gasteiger partial charge in [0.2, 0.25) is 0 Å². The summed E-state index contributed by atoms with van der Waals surface area (Å²) in [6, 6.07) is 3.26. The number of halogens is 4. The van der Waals surface area contributed by atoms with Crippen molar-refractivity contribution in [2.45, 2.75) is 26.1 Å². The number of ether oxygens (including phenoxy) is 2. The topological polar surface area (TPSA) is 84.2 Å². The lowest BCUT2D eigenvalue weighted by molar-refractivity contribution is -0.141. The first-order valence-electron chi connectivity index (χ1n) is 7.55. The molecule has 0 aliphatic rings. The number of hydrogen-bond acceptors (Lipinski definition) is 6. The third-order valence-corrected chi connectivity index (χ3v) is 3.35. The van der Waals surface area contributed by atoms with Crippen LogP contribution in [0.5, 0.6) is 0 Å². The van der Waals surface area contributed by atoms with Crippen molar-refractivity contribution in [1.82, 2.24) is 10.3 Å². The van der Waals surface area contributed by atoms with E-state index in [9.17, 15) is 18.0 Å². The Morgan fingerprint density at radius 2 is 2.12 bits per heavy atom. The Kier molecular flexibility index (Phi) is 8.35. The fraction of sp³-hybridized carbons (Fsp3) is 0.438. The van der Waals surface area contributed by atoms with Crippen molar-refractivity contribution in [3.63, 3.8) is 0 Å². The Morgan fingerprint density at radius 3 is 2.62 bits per heavy atom. The summed E-state index contributed by atoms with van der Waals surface area (Å²) in [6.45, 7) is 3.25. The quantitative estimate of drug-likeness (QED) is 0.241.